The summed E-state index contributed by atoms with van der Waals surface area (Å²) in [6.07, 6.45) is 0. The minimum absolute atomic E-state index is 0.0440. The van der Waals surface area contributed by atoms with Crippen molar-refractivity contribution in [1.82, 2.24) is 4.83 Å². The fourth-order valence-corrected chi connectivity index (χ4v) is 3.47. The molecule has 0 amide bonds. The van der Waals surface area contributed by atoms with Crippen molar-refractivity contribution < 1.29 is 17.9 Å². The molecule has 0 saturated heterocycles. The van der Waals surface area contributed by atoms with Crippen LogP contribution in [0.3, 0.4) is 0 Å². The number of aryl methyl sites for hydroxylation is 1. The first-order valence-corrected chi connectivity index (χ1v) is 8.71. The fourth-order valence-electron chi connectivity index (χ4n) is 1.85. The summed E-state index contributed by atoms with van der Waals surface area (Å²) in [6.45, 7) is 2.82. The van der Waals surface area contributed by atoms with Crippen LogP contribution in [0.1, 0.15) is 18.2 Å². The highest BCUT2D eigenvalue weighted by Crippen LogP contribution is 2.25. The third-order valence-electron chi connectivity index (χ3n) is 2.93. The van der Waals surface area contributed by atoms with E-state index in [0.717, 1.165) is 6.07 Å². The van der Waals surface area contributed by atoms with Gasteiger partial charge in [-0.25, -0.2) is 4.79 Å². The van der Waals surface area contributed by atoms with Crippen molar-refractivity contribution in [3.8, 4) is 5.75 Å². The number of hydrogen-bond donors (Lipinski definition) is 2. The summed E-state index contributed by atoms with van der Waals surface area (Å²) in [4.78, 5) is 13.4. The highest BCUT2D eigenvalue weighted by molar-refractivity contribution is 7.89. The second kappa shape index (κ2) is 6.84. The molecule has 0 saturated carbocycles. The van der Waals surface area contributed by atoms with Gasteiger partial charge in [0.1, 0.15) is 22.0 Å². The van der Waals surface area contributed by atoms with Crippen LogP contribution in [0.5, 0.6) is 5.75 Å². The average molecular weight is 391 g/mol. The Balaban J connectivity index is 2.40. The van der Waals surface area contributed by atoms with Gasteiger partial charge in [-0.05, 0) is 32.0 Å². The molecule has 1 heterocycles. The summed E-state index contributed by atoms with van der Waals surface area (Å²) >= 11 is 11.6. The van der Waals surface area contributed by atoms with Crippen LogP contribution in [0.15, 0.2) is 43.5 Å². The molecule has 128 valence electrons. The SMILES string of the molecule is C/C(=N/NS(=O)(=O)c1cc(Cl)ccc1Cl)c1c(O)cc(C)oc1=O. The summed E-state index contributed by atoms with van der Waals surface area (Å²) in [5.41, 5.74) is -1.17. The molecule has 0 atom stereocenters. The smallest absolute Gasteiger partial charge is 0.348 e. The molecule has 7 nitrogen and oxygen atoms in total. The van der Waals surface area contributed by atoms with Gasteiger partial charge >= 0.3 is 5.63 Å². The number of benzene rings is 1. The zero-order chi connectivity index (χ0) is 18.1. The van der Waals surface area contributed by atoms with Gasteiger partial charge in [-0.1, -0.05) is 23.2 Å². The van der Waals surface area contributed by atoms with Crippen molar-refractivity contribution in [3.63, 3.8) is 0 Å². The monoisotopic (exact) mass is 390 g/mol. The quantitative estimate of drug-likeness (QED) is 0.615. The molecule has 0 aliphatic heterocycles. The molecule has 0 aliphatic rings. The summed E-state index contributed by atoms with van der Waals surface area (Å²) in [6, 6.07) is 5.15. The number of nitrogens with zero attached hydrogens (tertiary/aromatic N) is 1. The van der Waals surface area contributed by atoms with E-state index < -0.39 is 15.6 Å². The first-order chi connectivity index (χ1) is 11.1. The van der Waals surface area contributed by atoms with Crippen LogP contribution in [0, 0.1) is 6.92 Å². The largest absolute Gasteiger partial charge is 0.507 e. The maximum atomic E-state index is 12.2. The number of rotatable bonds is 4. The van der Waals surface area contributed by atoms with Crippen LogP contribution in [0.25, 0.3) is 0 Å². The minimum Gasteiger partial charge on any atom is -0.507 e. The molecule has 0 aliphatic carbocycles. The Kier molecular flexibility index (Phi) is 5.22. The highest BCUT2D eigenvalue weighted by atomic mass is 35.5. The lowest BCUT2D eigenvalue weighted by Gasteiger charge is -2.08. The van der Waals surface area contributed by atoms with Crippen LogP contribution in [0.2, 0.25) is 10.0 Å². The van der Waals surface area contributed by atoms with E-state index in [0.29, 0.717) is 0 Å². The van der Waals surface area contributed by atoms with E-state index in [9.17, 15) is 18.3 Å². The maximum absolute atomic E-state index is 12.2. The van der Waals surface area contributed by atoms with Crippen LogP contribution >= 0.6 is 23.2 Å². The molecule has 0 unspecified atom stereocenters. The zero-order valence-electron chi connectivity index (χ0n) is 12.5. The molecule has 0 radical (unpaired) electrons. The van der Waals surface area contributed by atoms with Gasteiger partial charge in [0.15, 0.2) is 0 Å². The van der Waals surface area contributed by atoms with Crippen molar-refractivity contribution in [3.05, 3.63) is 56.1 Å². The number of halogens is 2. The summed E-state index contributed by atoms with van der Waals surface area (Å²) in [5.74, 6) is -0.162. The Hall–Kier alpha value is -2.03. The first kappa shape index (κ1) is 18.3. The number of nitrogens with one attached hydrogen (secondary N) is 1. The molecule has 1 aromatic heterocycles. The van der Waals surface area contributed by atoms with Crippen molar-refractivity contribution in [2.45, 2.75) is 18.7 Å². The summed E-state index contributed by atoms with van der Waals surface area (Å²) in [7, 11) is -4.12. The zero-order valence-corrected chi connectivity index (χ0v) is 14.8. The van der Waals surface area contributed by atoms with Crippen LogP contribution in [-0.2, 0) is 10.0 Å². The lowest BCUT2D eigenvalue weighted by molar-refractivity contribution is 0.432. The standard InChI is InChI=1S/C14H12Cl2N2O5S/c1-7-5-11(19)13(14(20)23-7)8(2)17-18-24(21,22)12-6-9(15)3-4-10(12)16/h3-6,18-19H,1-2H3/b17-8-. The molecule has 2 rings (SSSR count). The number of hydrazone groups is 1. The topological polar surface area (TPSA) is 109 Å². The van der Waals surface area contributed by atoms with Crippen molar-refractivity contribution in [2.24, 2.45) is 5.10 Å². The van der Waals surface area contributed by atoms with E-state index in [1.165, 1.54) is 32.0 Å². The van der Waals surface area contributed by atoms with Crippen molar-refractivity contribution >= 4 is 38.9 Å². The molecule has 10 heteroatoms. The molecule has 0 fully saturated rings. The lowest BCUT2D eigenvalue weighted by atomic mass is 10.2. The average Bonchev–Trinajstić information content (AvgIpc) is 2.46. The third-order valence-corrected chi connectivity index (χ3v) is 4.86. The Morgan fingerprint density at radius 2 is 1.96 bits per heavy atom. The van der Waals surface area contributed by atoms with Gasteiger partial charge in [0, 0.05) is 11.1 Å². The first-order valence-electron chi connectivity index (χ1n) is 6.47. The molecule has 2 N–H and O–H groups in total. The van der Waals surface area contributed by atoms with Gasteiger partial charge in [-0.2, -0.15) is 18.4 Å². The van der Waals surface area contributed by atoms with Crippen LogP contribution in [0.4, 0.5) is 0 Å². The van der Waals surface area contributed by atoms with Crippen LogP contribution < -0.4 is 10.5 Å². The van der Waals surface area contributed by atoms with Gasteiger partial charge in [-0.3, -0.25) is 0 Å². The minimum atomic E-state index is -4.12. The second-order valence-electron chi connectivity index (χ2n) is 4.77. The van der Waals surface area contributed by atoms with E-state index in [-0.39, 0.29) is 37.7 Å². The second-order valence-corrected chi connectivity index (χ2v) is 7.24. The number of aromatic hydroxyl groups is 1. The van der Waals surface area contributed by atoms with E-state index >= 15 is 0 Å². The van der Waals surface area contributed by atoms with E-state index in [1.807, 2.05) is 4.83 Å². The molecular formula is C14H12Cl2N2O5S. The predicted molar refractivity (Wildman–Crippen MR) is 90.4 cm³/mol. The summed E-state index contributed by atoms with van der Waals surface area (Å²) < 4.78 is 29.3. The van der Waals surface area contributed by atoms with Gasteiger partial charge < -0.3 is 9.52 Å². The molecule has 0 bridgehead atoms. The van der Waals surface area contributed by atoms with Crippen LogP contribution in [-0.4, -0.2) is 19.2 Å². The highest BCUT2D eigenvalue weighted by Gasteiger charge is 2.19. The van der Waals surface area contributed by atoms with Crippen molar-refractivity contribution in [2.75, 3.05) is 0 Å². The maximum Gasteiger partial charge on any atom is 0.348 e. The van der Waals surface area contributed by atoms with E-state index in [4.69, 9.17) is 27.6 Å². The Morgan fingerprint density at radius 1 is 1.29 bits per heavy atom. The molecular weight excluding hydrogens is 379 g/mol. The molecule has 24 heavy (non-hydrogen) atoms. The predicted octanol–water partition coefficient (Wildman–Crippen LogP) is 2.66. The molecule has 2 aromatic rings. The third kappa shape index (κ3) is 3.89. The number of sulfonamides is 1. The summed E-state index contributed by atoms with van der Waals surface area (Å²) in [5, 5.41) is 13.6. The Morgan fingerprint density at radius 3 is 2.58 bits per heavy atom. The Bertz CT molecular complexity index is 983. The Labute approximate surface area is 147 Å². The van der Waals surface area contributed by atoms with Gasteiger partial charge in [0.2, 0.25) is 0 Å². The van der Waals surface area contributed by atoms with E-state index in [2.05, 4.69) is 5.10 Å². The fraction of sp³-hybridized carbons (Fsp3) is 0.143. The normalized spacial score (nSPS) is 12.2. The van der Waals surface area contributed by atoms with Gasteiger partial charge in [0.05, 0.1) is 10.7 Å². The van der Waals surface area contributed by atoms with Gasteiger partial charge in [-0.15, -0.1) is 0 Å². The number of hydrogen-bond acceptors (Lipinski definition) is 6. The van der Waals surface area contributed by atoms with Crippen molar-refractivity contribution in [1.29, 1.82) is 0 Å². The van der Waals surface area contributed by atoms with E-state index in [1.54, 1.807) is 0 Å². The molecule has 0 spiro atoms. The molecule has 1 aromatic carbocycles. The van der Waals surface area contributed by atoms with Gasteiger partial charge in [0.25, 0.3) is 10.0 Å². The lowest BCUT2D eigenvalue weighted by Crippen LogP contribution is -2.22.